The molecular formula is C49H27N3O2. The van der Waals surface area contributed by atoms with Crippen molar-refractivity contribution in [2.45, 2.75) is 0 Å². The lowest BCUT2D eigenvalue weighted by Crippen LogP contribution is -1.98. The first-order chi connectivity index (χ1) is 26.7. The Balaban J connectivity index is 1.04. The summed E-state index contributed by atoms with van der Waals surface area (Å²) in [4.78, 5) is 0. The summed E-state index contributed by atoms with van der Waals surface area (Å²) in [5, 5.41) is 19.7. The molecule has 12 aromatic rings. The molecule has 0 aliphatic heterocycles. The Kier molecular flexibility index (Phi) is 5.78. The van der Waals surface area contributed by atoms with Gasteiger partial charge in [0.1, 0.15) is 28.4 Å². The predicted octanol–water partition coefficient (Wildman–Crippen LogP) is 13.2. The fourth-order valence-electron chi connectivity index (χ4n) is 8.85. The number of fused-ring (bicyclic) bond motifs is 14. The molecule has 0 saturated heterocycles. The van der Waals surface area contributed by atoms with E-state index in [0.29, 0.717) is 5.56 Å². The van der Waals surface area contributed by atoms with Crippen molar-refractivity contribution in [3.05, 3.63) is 169 Å². The molecular weight excluding hydrogens is 663 g/mol. The summed E-state index contributed by atoms with van der Waals surface area (Å²) in [6, 6.07) is 59.3. The highest BCUT2D eigenvalue weighted by molar-refractivity contribution is 6.25. The third-order valence-corrected chi connectivity index (χ3v) is 11.2. The van der Waals surface area contributed by atoms with E-state index >= 15 is 0 Å². The normalized spacial score (nSPS) is 12.1. The highest BCUT2D eigenvalue weighted by Crippen LogP contribution is 2.43. The van der Waals surface area contributed by atoms with E-state index in [4.69, 9.17) is 8.83 Å². The third-order valence-electron chi connectivity index (χ3n) is 11.2. The summed E-state index contributed by atoms with van der Waals surface area (Å²) in [5.74, 6) is 0. The number of nitriles is 1. The molecule has 0 N–H and O–H groups in total. The van der Waals surface area contributed by atoms with Gasteiger partial charge in [0.2, 0.25) is 0 Å². The number of benzene rings is 8. The third kappa shape index (κ3) is 3.86. The number of nitrogens with zero attached hydrogens (tertiary/aromatic N) is 3. The lowest BCUT2D eigenvalue weighted by atomic mass is 10.0. The van der Waals surface area contributed by atoms with Crippen molar-refractivity contribution >= 4 is 87.5 Å². The van der Waals surface area contributed by atoms with Crippen molar-refractivity contribution in [2.24, 2.45) is 0 Å². The number of aromatic nitrogens is 2. The van der Waals surface area contributed by atoms with Gasteiger partial charge in [0.25, 0.3) is 0 Å². The highest BCUT2D eigenvalue weighted by Gasteiger charge is 2.22. The van der Waals surface area contributed by atoms with Crippen molar-refractivity contribution < 1.29 is 8.83 Å². The standard InChI is InChI=1S/C49H27N3O2/c50-28-31-27-30(19-24-39(31)52-41-14-6-2-10-34(41)36-23-26-45-47(49(36)52)38-12-4-8-16-43(38)54-45)29-17-20-32(21-18-29)51-40-13-5-1-9-33(40)35-22-25-44-46(48(35)51)37-11-3-7-15-42(37)53-44/h1-27H. The number of hydrogen-bond donors (Lipinski definition) is 0. The van der Waals surface area contributed by atoms with E-state index in [1.165, 1.54) is 10.8 Å². The van der Waals surface area contributed by atoms with Gasteiger partial charge in [-0.2, -0.15) is 5.26 Å². The Morgan fingerprint density at radius 1 is 0.407 bits per heavy atom. The molecule has 0 spiro atoms. The molecule has 54 heavy (non-hydrogen) atoms. The summed E-state index contributed by atoms with van der Waals surface area (Å²) < 4.78 is 17.2. The van der Waals surface area contributed by atoms with E-state index in [1.54, 1.807) is 0 Å². The molecule has 250 valence electrons. The first kappa shape index (κ1) is 29.1. The van der Waals surface area contributed by atoms with Gasteiger partial charge in [-0.1, -0.05) is 91.0 Å². The van der Waals surface area contributed by atoms with Crippen LogP contribution in [0.5, 0.6) is 0 Å². The smallest absolute Gasteiger partial charge is 0.137 e. The lowest BCUT2D eigenvalue weighted by molar-refractivity contribution is 0.669. The Morgan fingerprint density at radius 2 is 0.907 bits per heavy atom. The van der Waals surface area contributed by atoms with E-state index in [0.717, 1.165) is 99.2 Å². The van der Waals surface area contributed by atoms with Gasteiger partial charge >= 0.3 is 0 Å². The second-order valence-electron chi connectivity index (χ2n) is 14.0. The van der Waals surface area contributed by atoms with Crippen molar-refractivity contribution in [1.82, 2.24) is 9.13 Å². The van der Waals surface area contributed by atoms with Crippen LogP contribution in [-0.2, 0) is 0 Å². The van der Waals surface area contributed by atoms with Gasteiger partial charge in [-0.25, -0.2) is 0 Å². The van der Waals surface area contributed by atoms with Gasteiger partial charge in [-0.05, 0) is 83.9 Å². The van der Waals surface area contributed by atoms with Crippen LogP contribution in [0, 0.1) is 11.3 Å². The second-order valence-corrected chi connectivity index (χ2v) is 14.0. The van der Waals surface area contributed by atoms with Crippen LogP contribution in [-0.4, -0.2) is 9.13 Å². The maximum atomic E-state index is 10.7. The van der Waals surface area contributed by atoms with Crippen molar-refractivity contribution in [1.29, 1.82) is 5.26 Å². The van der Waals surface area contributed by atoms with Crippen LogP contribution in [0.2, 0.25) is 0 Å². The number of para-hydroxylation sites is 4. The van der Waals surface area contributed by atoms with Crippen LogP contribution < -0.4 is 0 Å². The molecule has 8 aromatic carbocycles. The average molecular weight is 690 g/mol. The average Bonchev–Trinajstić information content (AvgIpc) is 3.98. The first-order valence-corrected chi connectivity index (χ1v) is 18.1. The minimum absolute atomic E-state index is 0.598. The molecule has 0 unspecified atom stereocenters. The molecule has 4 heterocycles. The first-order valence-electron chi connectivity index (χ1n) is 18.1. The summed E-state index contributed by atoms with van der Waals surface area (Å²) in [6.07, 6.45) is 0. The molecule has 0 aliphatic carbocycles. The fourth-order valence-corrected chi connectivity index (χ4v) is 8.85. The van der Waals surface area contributed by atoms with Crippen LogP contribution >= 0.6 is 0 Å². The molecule has 0 bridgehead atoms. The molecule has 0 aliphatic rings. The Bertz CT molecular complexity index is 3570. The zero-order chi connectivity index (χ0) is 35.5. The van der Waals surface area contributed by atoms with E-state index in [1.807, 2.05) is 36.4 Å². The monoisotopic (exact) mass is 689 g/mol. The summed E-state index contributed by atoms with van der Waals surface area (Å²) in [6.45, 7) is 0. The predicted molar refractivity (Wildman–Crippen MR) is 220 cm³/mol. The molecule has 4 aromatic heterocycles. The largest absolute Gasteiger partial charge is 0.456 e. The maximum Gasteiger partial charge on any atom is 0.137 e. The van der Waals surface area contributed by atoms with Gasteiger partial charge in [0.05, 0.1) is 44.1 Å². The Hall–Kier alpha value is -7.55. The number of rotatable bonds is 3. The molecule has 0 atom stereocenters. The summed E-state index contributed by atoms with van der Waals surface area (Å²) >= 11 is 0. The van der Waals surface area contributed by atoms with Crippen LogP contribution in [0.1, 0.15) is 5.56 Å². The minimum atomic E-state index is 0.598. The SMILES string of the molecule is N#Cc1cc(-c2ccc(-n3c4ccccc4c4ccc5oc6ccccc6c5c43)cc2)ccc1-n1c2ccccc2c2ccc3oc4ccccc4c3c21. The van der Waals surface area contributed by atoms with Crippen LogP contribution in [0.3, 0.4) is 0 Å². The minimum Gasteiger partial charge on any atom is -0.456 e. The van der Waals surface area contributed by atoms with Crippen molar-refractivity contribution in [2.75, 3.05) is 0 Å². The molecule has 0 saturated carbocycles. The van der Waals surface area contributed by atoms with Gasteiger partial charge in [0.15, 0.2) is 0 Å². The Morgan fingerprint density at radius 3 is 1.50 bits per heavy atom. The number of furan rings is 2. The van der Waals surface area contributed by atoms with E-state index in [9.17, 15) is 5.26 Å². The van der Waals surface area contributed by atoms with Gasteiger partial charge in [-0.15, -0.1) is 0 Å². The zero-order valence-electron chi connectivity index (χ0n) is 28.7. The molecule has 5 heteroatoms. The Labute approximate surface area is 307 Å². The molecule has 12 rings (SSSR count). The van der Waals surface area contributed by atoms with Crippen molar-refractivity contribution in [3.63, 3.8) is 0 Å². The number of hydrogen-bond acceptors (Lipinski definition) is 3. The highest BCUT2D eigenvalue weighted by atomic mass is 16.3. The lowest BCUT2D eigenvalue weighted by Gasteiger charge is -2.13. The second kappa shape index (κ2) is 10.7. The molecule has 0 fully saturated rings. The van der Waals surface area contributed by atoms with E-state index in [-0.39, 0.29) is 0 Å². The summed E-state index contributed by atoms with van der Waals surface area (Å²) in [7, 11) is 0. The molecule has 0 amide bonds. The molecule has 0 radical (unpaired) electrons. The zero-order valence-corrected chi connectivity index (χ0v) is 28.7. The molecule has 5 nitrogen and oxygen atoms in total. The topological polar surface area (TPSA) is 59.9 Å². The van der Waals surface area contributed by atoms with E-state index < -0.39 is 0 Å². The fraction of sp³-hybridized carbons (Fsp3) is 0. The van der Waals surface area contributed by atoms with Crippen LogP contribution in [0.4, 0.5) is 0 Å². The quantitative estimate of drug-likeness (QED) is 0.185. The van der Waals surface area contributed by atoms with E-state index in [2.05, 4.69) is 143 Å². The summed E-state index contributed by atoms with van der Waals surface area (Å²) in [5.41, 5.74) is 12.3. The van der Waals surface area contributed by atoms with Gasteiger partial charge in [0, 0.05) is 38.0 Å². The van der Waals surface area contributed by atoms with Gasteiger partial charge < -0.3 is 18.0 Å². The van der Waals surface area contributed by atoms with Crippen molar-refractivity contribution in [3.8, 4) is 28.6 Å². The van der Waals surface area contributed by atoms with Crippen LogP contribution in [0.15, 0.2) is 173 Å². The maximum absolute atomic E-state index is 10.7. The van der Waals surface area contributed by atoms with Gasteiger partial charge in [-0.3, -0.25) is 0 Å². The van der Waals surface area contributed by atoms with Crippen LogP contribution in [0.25, 0.3) is 110 Å².